The third-order valence-corrected chi connectivity index (χ3v) is 2.78. The minimum absolute atomic E-state index is 0.605. The van der Waals surface area contributed by atoms with Gasteiger partial charge in [0, 0.05) is 23.3 Å². The molecule has 0 atom stereocenters. The summed E-state index contributed by atoms with van der Waals surface area (Å²) in [7, 11) is 0. The molecule has 0 radical (unpaired) electrons. The van der Waals surface area contributed by atoms with Crippen LogP contribution in [0.5, 0.6) is 0 Å². The van der Waals surface area contributed by atoms with Gasteiger partial charge in [-0.3, -0.25) is 9.97 Å². The average molecular weight is 231 g/mol. The fourth-order valence-corrected chi connectivity index (χ4v) is 1.87. The van der Waals surface area contributed by atoms with Crippen molar-refractivity contribution in [3.63, 3.8) is 0 Å². The molecule has 1 aromatic carbocycles. The van der Waals surface area contributed by atoms with Gasteiger partial charge in [-0.25, -0.2) is 0 Å². The monoisotopic (exact) mass is 231 g/mol. The van der Waals surface area contributed by atoms with Crippen molar-refractivity contribution in [3.8, 4) is 17.3 Å². The van der Waals surface area contributed by atoms with Crippen LogP contribution in [0.1, 0.15) is 5.56 Å². The summed E-state index contributed by atoms with van der Waals surface area (Å²) in [4.78, 5) is 8.66. The molecule has 0 aliphatic carbocycles. The maximum atomic E-state index is 8.89. The van der Waals surface area contributed by atoms with Gasteiger partial charge in [0.05, 0.1) is 22.8 Å². The van der Waals surface area contributed by atoms with Gasteiger partial charge in [0.1, 0.15) is 0 Å². The Bertz CT molecular complexity index is 757. The Balaban J connectivity index is 2.16. The van der Waals surface area contributed by atoms with E-state index in [4.69, 9.17) is 5.26 Å². The number of aromatic nitrogens is 2. The molecular formula is C15H9N3. The van der Waals surface area contributed by atoms with Crippen molar-refractivity contribution in [1.82, 2.24) is 9.97 Å². The van der Waals surface area contributed by atoms with E-state index >= 15 is 0 Å². The Morgan fingerprint density at radius 1 is 1.00 bits per heavy atom. The lowest BCUT2D eigenvalue weighted by Gasteiger charge is -2.02. The van der Waals surface area contributed by atoms with E-state index in [-0.39, 0.29) is 0 Å². The van der Waals surface area contributed by atoms with E-state index in [1.54, 1.807) is 24.5 Å². The molecule has 18 heavy (non-hydrogen) atoms. The van der Waals surface area contributed by atoms with Crippen molar-refractivity contribution in [2.24, 2.45) is 0 Å². The van der Waals surface area contributed by atoms with Crippen molar-refractivity contribution in [2.75, 3.05) is 0 Å². The van der Waals surface area contributed by atoms with E-state index in [0.29, 0.717) is 5.56 Å². The Kier molecular flexibility index (Phi) is 2.47. The summed E-state index contributed by atoms with van der Waals surface area (Å²) in [6.45, 7) is 0. The number of para-hydroxylation sites is 1. The highest BCUT2D eigenvalue weighted by Gasteiger charge is 2.02. The van der Waals surface area contributed by atoms with Gasteiger partial charge in [-0.1, -0.05) is 18.2 Å². The van der Waals surface area contributed by atoms with E-state index in [1.165, 1.54) is 0 Å². The van der Waals surface area contributed by atoms with Crippen LogP contribution in [-0.2, 0) is 0 Å². The first-order valence-electron chi connectivity index (χ1n) is 5.58. The van der Waals surface area contributed by atoms with E-state index < -0.39 is 0 Å². The van der Waals surface area contributed by atoms with E-state index in [2.05, 4.69) is 16.0 Å². The van der Waals surface area contributed by atoms with Crippen molar-refractivity contribution >= 4 is 10.9 Å². The summed E-state index contributed by atoms with van der Waals surface area (Å²) in [6, 6.07) is 15.5. The molecule has 0 bridgehead atoms. The molecule has 3 aromatic rings. The van der Waals surface area contributed by atoms with Crippen LogP contribution in [0.15, 0.2) is 54.9 Å². The number of nitriles is 1. The summed E-state index contributed by atoms with van der Waals surface area (Å²) in [5.74, 6) is 0. The lowest BCUT2D eigenvalue weighted by Crippen LogP contribution is -1.87. The molecule has 0 aliphatic rings. The summed E-state index contributed by atoms with van der Waals surface area (Å²) in [6.07, 6.45) is 3.43. The molecule has 0 amide bonds. The average Bonchev–Trinajstić information content (AvgIpc) is 2.47. The fraction of sp³-hybridized carbons (Fsp3) is 0. The normalized spacial score (nSPS) is 10.2. The number of hydrogen-bond donors (Lipinski definition) is 0. The molecule has 0 spiro atoms. The molecule has 2 aromatic heterocycles. The number of fused-ring (bicyclic) bond motifs is 1. The summed E-state index contributed by atoms with van der Waals surface area (Å²) >= 11 is 0. The predicted octanol–water partition coefficient (Wildman–Crippen LogP) is 3.17. The maximum Gasteiger partial charge on any atom is 0.0992 e. The minimum Gasteiger partial charge on any atom is -0.256 e. The quantitative estimate of drug-likeness (QED) is 0.646. The second-order valence-electron chi connectivity index (χ2n) is 3.96. The van der Waals surface area contributed by atoms with Crippen LogP contribution in [0.25, 0.3) is 22.2 Å². The fourth-order valence-electron chi connectivity index (χ4n) is 1.87. The number of hydrogen-bond acceptors (Lipinski definition) is 3. The molecule has 3 nitrogen and oxygen atoms in total. The van der Waals surface area contributed by atoms with Gasteiger partial charge in [0.15, 0.2) is 0 Å². The molecule has 0 saturated heterocycles. The summed E-state index contributed by atoms with van der Waals surface area (Å²) in [5.41, 5.74) is 3.25. The van der Waals surface area contributed by atoms with Crippen LogP contribution in [-0.4, -0.2) is 9.97 Å². The highest BCUT2D eigenvalue weighted by molar-refractivity contribution is 5.82. The Morgan fingerprint density at radius 2 is 1.89 bits per heavy atom. The molecule has 0 fully saturated rings. The van der Waals surface area contributed by atoms with Crippen LogP contribution in [0.3, 0.4) is 0 Å². The van der Waals surface area contributed by atoms with Crippen LogP contribution in [0, 0.1) is 11.3 Å². The number of benzene rings is 1. The molecule has 0 aliphatic heterocycles. The van der Waals surface area contributed by atoms with Crippen LogP contribution < -0.4 is 0 Å². The molecule has 0 N–H and O–H groups in total. The van der Waals surface area contributed by atoms with Gasteiger partial charge in [0.2, 0.25) is 0 Å². The molecule has 0 unspecified atom stereocenters. The van der Waals surface area contributed by atoms with Crippen molar-refractivity contribution in [2.45, 2.75) is 0 Å². The Hall–Kier alpha value is -2.73. The first-order chi connectivity index (χ1) is 8.86. The molecular weight excluding hydrogens is 222 g/mol. The maximum absolute atomic E-state index is 8.89. The van der Waals surface area contributed by atoms with Crippen LogP contribution in [0.4, 0.5) is 0 Å². The number of rotatable bonds is 1. The molecule has 0 saturated carbocycles. The summed E-state index contributed by atoms with van der Waals surface area (Å²) in [5, 5.41) is 9.96. The van der Waals surface area contributed by atoms with Gasteiger partial charge in [0.25, 0.3) is 0 Å². The third kappa shape index (κ3) is 1.80. The zero-order valence-electron chi connectivity index (χ0n) is 9.54. The van der Waals surface area contributed by atoms with E-state index in [1.807, 2.05) is 30.3 Å². The topological polar surface area (TPSA) is 49.6 Å². The first-order valence-corrected chi connectivity index (χ1v) is 5.58. The number of nitrogens with zero attached hydrogens (tertiary/aromatic N) is 3. The first kappa shape index (κ1) is 10.4. The smallest absolute Gasteiger partial charge is 0.0992 e. The second-order valence-corrected chi connectivity index (χ2v) is 3.96. The highest BCUT2D eigenvalue weighted by atomic mass is 14.7. The lowest BCUT2D eigenvalue weighted by atomic mass is 10.1. The van der Waals surface area contributed by atoms with Gasteiger partial charge in [-0.15, -0.1) is 0 Å². The largest absolute Gasteiger partial charge is 0.256 e. The Labute approximate surface area is 104 Å². The zero-order chi connectivity index (χ0) is 12.4. The highest BCUT2D eigenvalue weighted by Crippen LogP contribution is 2.21. The predicted molar refractivity (Wildman–Crippen MR) is 69.7 cm³/mol. The van der Waals surface area contributed by atoms with E-state index in [9.17, 15) is 0 Å². The molecule has 3 heteroatoms. The zero-order valence-corrected chi connectivity index (χ0v) is 9.54. The van der Waals surface area contributed by atoms with Crippen molar-refractivity contribution in [1.29, 1.82) is 5.26 Å². The lowest BCUT2D eigenvalue weighted by molar-refractivity contribution is 1.29. The standard InChI is InChI=1S/C15H9N3/c16-9-11-5-6-17-15(7-11)13-8-12-3-1-2-4-14(12)18-10-13/h1-8,10H. The Morgan fingerprint density at radius 3 is 2.78 bits per heavy atom. The van der Waals surface area contributed by atoms with Crippen molar-refractivity contribution in [3.05, 3.63) is 60.4 Å². The minimum atomic E-state index is 0.605. The summed E-state index contributed by atoms with van der Waals surface area (Å²) < 4.78 is 0. The van der Waals surface area contributed by atoms with Crippen LogP contribution in [0.2, 0.25) is 0 Å². The van der Waals surface area contributed by atoms with Crippen molar-refractivity contribution < 1.29 is 0 Å². The van der Waals surface area contributed by atoms with Gasteiger partial charge in [-0.2, -0.15) is 5.26 Å². The molecule has 84 valence electrons. The van der Waals surface area contributed by atoms with E-state index in [0.717, 1.165) is 22.2 Å². The van der Waals surface area contributed by atoms with Crippen LogP contribution >= 0.6 is 0 Å². The molecule has 3 rings (SSSR count). The third-order valence-electron chi connectivity index (χ3n) is 2.78. The SMILES string of the molecule is N#Cc1ccnc(-c2cnc3ccccc3c2)c1. The van der Waals surface area contributed by atoms with Gasteiger partial charge >= 0.3 is 0 Å². The number of pyridine rings is 2. The van der Waals surface area contributed by atoms with Gasteiger partial charge < -0.3 is 0 Å². The molecule has 2 heterocycles. The van der Waals surface area contributed by atoms with Gasteiger partial charge in [-0.05, 0) is 24.3 Å². The second kappa shape index (κ2) is 4.27.